The van der Waals surface area contributed by atoms with Crippen molar-refractivity contribution in [3.05, 3.63) is 30.1 Å². The van der Waals surface area contributed by atoms with E-state index in [9.17, 15) is 4.79 Å². The van der Waals surface area contributed by atoms with Crippen LogP contribution in [0.1, 0.15) is 18.4 Å². The van der Waals surface area contributed by atoms with E-state index < -0.39 is 0 Å². The third kappa shape index (κ3) is 3.16. The normalized spacial score (nSPS) is 26.8. The van der Waals surface area contributed by atoms with Crippen LogP contribution in [0, 0.1) is 0 Å². The Kier molecular flexibility index (Phi) is 4.28. The Bertz CT molecular complexity index is 446. The van der Waals surface area contributed by atoms with Crippen LogP contribution in [0.15, 0.2) is 24.5 Å². The summed E-state index contributed by atoms with van der Waals surface area (Å²) in [7, 11) is 0. The molecule has 1 N–H and O–H groups in total. The fourth-order valence-corrected chi connectivity index (χ4v) is 3.06. The highest BCUT2D eigenvalue weighted by Crippen LogP contribution is 2.19. The molecule has 3 rings (SSSR count). The van der Waals surface area contributed by atoms with Crippen LogP contribution in [0.5, 0.6) is 0 Å². The van der Waals surface area contributed by atoms with Gasteiger partial charge in [-0.3, -0.25) is 14.7 Å². The zero-order valence-electron chi connectivity index (χ0n) is 11.6. The molecule has 108 valence electrons. The first-order valence-corrected chi connectivity index (χ1v) is 7.33. The molecule has 5 nitrogen and oxygen atoms in total. The molecule has 2 saturated heterocycles. The number of amides is 1. The van der Waals surface area contributed by atoms with Crippen LogP contribution < -0.4 is 5.32 Å². The van der Waals surface area contributed by atoms with Gasteiger partial charge in [0.05, 0.1) is 31.7 Å². The van der Waals surface area contributed by atoms with Crippen LogP contribution in [-0.2, 0) is 16.0 Å². The zero-order chi connectivity index (χ0) is 13.8. The van der Waals surface area contributed by atoms with Gasteiger partial charge in [0.25, 0.3) is 0 Å². The molecule has 2 aliphatic rings. The summed E-state index contributed by atoms with van der Waals surface area (Å²) in [4.78, 5) is 18.6. The second-order valence-electron chi connectivity index (χ2n) is 5.56. The second kappa shape index (κ2) is 6.33. The fraction of sp³-hybridized carbons (Fsp3) is 0.600. The molecule has 5 heteroatoms. The minimum Gasteiger partial charge on any atom is -0.378 e. The first kappa shape index (κ1) is 13.5. The van der Waals surface area contributed by atoms with Gasteiger partial charge in [0.15, 0.2) is 0 Å². The van der Waals surface area contributed by atoms with Gasteiger partial charge >= 0.3 is 0 Å². The highest BCUT2D eigenvalue weighted by atomic mass is 16.5. The predicted octanol–water partition coefficient (Wildman–Crippen LogP) is 0.603. The zero-order valence-corrected chi connectivity index (χ0v) is 11.6. The number of nitrogens with zero attached hydrogens (tertiary/aromatic N) is 2. The molecule has 20 heavy (non-hydrogen) atoms. The molecule has 1 amide bonds. The van der Waals surface area contributed by atoms with Crippen molar-refractivity contribution in [1.82, 2.24) is 15.2 Å². The van der Waals surface area contributed by atoms with Crippen LogP contribution in [0.2, 0.25) is 0 Å². The van der Waals surface area contributed by atoms with Crippen LogP contribution in [0.4, 0.5) is 0 Å². The van der Waals surface area contributed by atoms with Gasteiger partial charge in [0.1, 0.15) is 0 Å². The summed E-state index contributed by atoms with van der Waals surface area (Å²) in [6.45, 7) is 3.61. The van der Waals surface area contributed by atoms with Crippen molar-refractivity contribution in [2.75, 3.05) is 26.3 Å². The number of aromatic nitrogens is 1. The molecule has 0 bridgehead atoms. The number of nitrogens with one attached hydrogen (secondary N) is 1. The summed E-state index contributed by atoms with van der Waals surface area (Å²) in [6.07, 6.45) is 6.36. The van der Waals surface area contributed by atoms with Gasteiger partial charge in [0, 0.05) is 12.4 Å². The number of carbonyl (C=O) groups excluding carboxylic acids is 1. The number of hydrogen-bond donors (Lipinski definition) is 1. The van der Waals surface area contributed by atoms with Gasteiger partial charge in [-0.25, -0.2) is 0 Å². The molecular formula is C15H21N3O2. The minimum absolute atomic E-state index is 0.0534. The van der Waals surface area contributed by atoms with Gasteiger partial charge in [-0.15, -0.1) is 0 Å². The monoisotopic (exact) mass is 275 g/mol. The molecule has 2 fully saturated rings. The maximum Gasteiger partial charge on any atom is 0.224 e. The molecule has 0 aliphatic carbocycles. The first-order valence-electron chi connectivity index (χ1n) is 7.33. The Morgan fingerprint density at radius 2 is 2.25 bits per heavy atom. The molecular weight excluding hydrogens is 254 g/mol. The third-order valence-corrected chi connectivity index (χ3v) is 4.09. The Morgan fingerprint density at radius 3 is 3.00 bits per heavy atom. The van der Waals surface area contributed by atoms with Gasteiger partial charge in [-0.05, 0) is 37.6 Å². The van der Waals surface area contributed by atoms with E-state index >= 15 is 0 Å². The number of likely N-dealkylation sites (tertiary alicyclic amines) is 1. The smallest absolute Gasteiger partial charge is 0.224 e. The van der Waals surface area contributed by atoms with Crippen LogP contribution in [-0.4, -0.2) is 54.2 Å². The van der Waals surface area contributed by atoms with E-state index in [1.54, 1.807) is 12.4 Å². The minimum atomic E-state index is 0.0534. The molecule has 2 aliphatic heterocycles. The van der Waals surface area contributed by atoms with Gasteiger partial charge in [-0.1, -0.05) is 6.07 Å². The largest absolute Gasteiger partial charge is 0.378 e. The topological polar surface area (TPSA) is 54.5 Å². The molecule has 1 aromatic rings. The summed E-state index contributed by atoms with van der Waals surface area (Å²) in [5.41, 5.74) is 0.946. The maximum atomic E-state index is 12.1. The van der Waals surface area contributed by atoms with Gasteiger partial charge in [-0.2, -0.15) is 0 Å². The Hall–Kier alpha value is -1.46. The summed E-state index contributed by atoms with van der Waals surface area (Å²) < 4.78 is 5.56. The highest BCUT2D eigenvalue weighted by Gasteiger charge is 2.35. The lowest BCUT2D eigenvalue weighted by Gasteiger charge is -2.27. The summed E-state index contributed by atoms with van der Waals surface area (Å²) in [5, 5.41) is 3.12. The van der Waals surface area contributed by atoms with Gasteiger partial charge < -0.3 is 10.1 Å². The molecule has 2 atom stereocenters. The fourth-order valence-electron chi connectivity index (χ4n) is 3.06. The van der Waals surface area contributed by atoms with E-state index in [0.717, 1.165) is 25.3 Å². The molecule has 0 aromatic carbocycles. The number of ether oxygens (including phenoxy) is 1. The average molecular weight is 275 g/mol. The van der Waals surface area contributed by atoms with Gasteiger partial charge in [0.2, 0.25) is 5.91 Å². The Morgan fingerprint density at radius 1 is 1.40 bits per heavy atom. The maximum absolute atomic E-state index is 12.1. The molecule has 3 heterocycles. The van der Waals surface area contributed by atoms with Crippen LogP contribution >= 0.6 is 0 Å². The van der Waals surface area contributed by atoms with Crippen molar-refractivity contribution < 1.29 is 9.53 Å². The van der Waals surface area contributed by atoms with Crippen molar-refractivity contribution in [2.45, 2.75) is 31.3 Å². The number of carbonyl (C=O) groups is 1. The standard InChI is InChI=1S/C15H21N3O2/c19-15(8-12-4-3-5-16-9-12)17-13-10-20-11-14(13)18-6-1-2-7-18/h3-5,9,13-14H,1-2,6-8,10-11H2,(H,17,19)/t13-,14-/m0/s1. The summed E-state index contributed by atoms with van der Waals surface area (Å²) in [6, 6.07) is 4.25. The van der Waals surface area contributed by atoms with E-state index in [2.05, 4.69) is 15.2 Å². The van der Waals surface area contributed by atoms with E-state index in [1.165, 1.54) is 12.8 Å². The van der Waals surface area contributed by atoms with Crippen molar-refractivity contribution in [3.63, 3.8) is 0 Å². The third-order valence-electron chi connectivity index (χ3n) is 4.09. The van der Waals surface area contributed by atoms with E-state index in [-0.39, 0.29) is 11.9 Å². The van der Waals surface area contributed by atoms with Crippen LogP contribution in [0.25, 0.3) is 0 Å². The number of pyridine rings is 1. The second-order valence-corrected chi connectivity index (χ2v) is 5.56. The van der Waals surface area contributed by atoms with Crippen molar-refractivity contribution in [1.29, 1.82) is 0 Å². The molecule has 0 saturated carbocycles. The predicted molar refractivity (Wildman–Crippen MR) is 75.3 cm³/mol. The SMILES string of the molecule is O=C(Cc1cccnc1)N[C@H]1COC[C@@H]1N1CCCC1. The molecule has 0 radical (unpaired) electrons. The van der Waals surface area contributed by atoms with Crippen molar-refractivity contribution in [3.8, 4) is 0 Å². The van der Waals surface area contributed by atoms with E-state index in [1.807, 2.05) is 12.1 Å². The summed E-state index contributed by atoms with van der Waals surface area (Å²) in [5.74, 6) is 0.0534. The summed E-state index contributed by atoms with van der Waals surface area (Å²) >= 11 is 0. The quantitative estimate of drug-likeness (QED) is 0.874. The lowest BCUT2D eigenvalue weighted by Crippen LogP contribution is -2.50. The molecule has 0 unspecified atom stereocenters. The van der Waals surface area contributed by atoms with E-state index in [4.69, 9.17) is 4.74 Å². The van der Waals surface area contributed by atoms with Crippen molar-refractivity contribution in [2.24, 2.45) is 0 Å². The lowest BCUT2D eigenvalue weighted by atomic mass is 10.1. The highest BCUT2D eigenvalue weighted by molar-refractivity contribution is 5.78. The lowest BCUT2D eigenvalue weighted by molar-refractivity contribution is -0.121. The van der Waals surface area contributed by atoms with Crippen molar-refractivity contribution >= 4 is 5.91 Å². The molecule has 0 spiro atoms. The van der Waals surface area contributed by atoms with E-state index in [0.29, 0.717) is 19.1 Å². The average Bonchev–Trinajstić information content (AvgIpc) is 3.10. The number of hydrogen-bond acceptors (Lipinski definition) is 4. The number of rotatable bonds is 4. The first-order chi connectivity index (χ1) is 9.83. The molecule has 1 aromatic heterocycles. The Balaban J connectivity index is 1.55. The van der Waals surface area contributed by atoms with Crippen LogP contribution in [0.3, 0.4) is 0 Å². The Labute approximate surface area is 119 Å².